The lowest BCUT2D eigenvalue weighted by Gasteiger charge is -2.24. The van der Waals surface area contributed by atoms with Crippen molar-refractivity contribution in [3.8, 4) is 5.75 Å². The highest BCUT2D eigenvalue weighted by atomic mass is 16.5. The number of hydrogen-bond donors (Lipinski definition) is 2. The van der Waals surface area contributed by atoms with E-state index in [-0.39, 0.29) is 30.4 Å². The molecule has 0 atom stereocenters. The van der Waals surface area contributed by atoms with Crippen LogP contribution in [-0.2, 0) is 11.2 Å². The Morgan fingerprint density at radius 1 is 1.27 bits per heavy atom. The summed E-state index contributed by atoms with van der Waals surface area (Å²) in [5.41, 5.74) is 2.20. The lowest BCUT2D eigenvalue weighted by molar-refractivity contribution is -0.131. The van der Waals surface area contributed by atoms with Gasteiger partial charge in [-0.1, -0.05) is 26.7 Å². The highest BCUT2D eigenvalue weighted by Crippen LogP contribution is 2.36. The third kappa shape index (κ3) is 5.04. The molecule has 3 rings (SSSR count). The second kappa shape index (κ2) is 10.1. The highest BCUT2D eigenvalue weighted by molar-refractivity contribution is 5.90. The van der Waals surface area contributed by atoms with Gasteiger partial charge in [0.25, 0.3) is 5.56 Å². The van der Waals surface area contributed by atoms with Gasteiger partial charge in [0.15, 0.2) is 0 Å². The maximum atomic E-state index is 13.2. The van der Waals surface area contributed by atoms with Gasteiger partial charge >= 0.3 is 0 Å². The van der Waals surface area contributed by atoms with Crippen molar-refractivity contribution in [2.75, 3.05) is 26.8 Å². The molecular formula is C24H34N2O4. The van der Waals surface area contributed by atoms with Crippen LogP contribution in [0.4, 0.5) is 0 Å². The van der Waals surface area contributed by atoms with Gasteiger partial charge in [0.05, 0.1) is 25.7 Å². The molecule has 6 nitrogen and oxygen atoms in total. The van der Waals surface area contributed by atoms with Crippen molar-refractivity contribution in [2.24, 2.45) is 5.92 Å². The van der Waals surface area contributed by atoms with Crippen molar-refractivity contribution in [2.45, 2.75) is 58.3 Å². The summed E-state index contributed by atoms with van der Waals surface area (Å²) < 4.78 is 5.31. The standard InChI is InChI=1S/C24H34N2O4/c1-16(2)10-11-26(12-13-27)22(28)15-20-19-9-8-18(30-3)14-21(19)25-24(29)23(20)17-6-4-5-7-17/h8-9,14,16-17,27H,4-7,10-13,15H2,1-3H3,(H,25,29). The number of fused-ring (bicyclic) bond motifs is 1. The lowest BCUT2D eigenvalue weighted by Crippen LogP contribution is -2.36. The minimum atomic E-state index is -0.0960. The molecule has 0 aliphatic heterocycles. The molecule has 2 N–H and O–H groups in total. The predicted molar refractivity (Wildman–Crippen MR) is 119 cm³/mol. The first kappa shape index (κ1) is 22.3. The van der Waals surface area contributed by atoms with Crippen LogP contribution in [0.15, 0.2) is 23.0 Å². The molecule has 164 valence electrons. The second-order valence-electron chi connectivity index (χ2n) is 8.70. The first-order valence-corrected chi connectivity index (χ1v) is 11.1. The van der Waals surface area contributed by atoms with Crippen molar-refractivity contribution < 1.29 is 14.6 Å². The van der Waals surface area contributed by atoms with Crippen LogP contribution in [0.3, 0.4) is 0 Å². The molecule has 2 aromatic rings. The molecule has 30 heavy (non-hydrogen) atoms. The molecule has 1 saturated carbocycles. The third-order valence-corrected chi connectivity index (χ3v) is 6.16. The normalized spacial score (nSPS) is 14.6. The number of nitrogens with zero attached hydrogens (tertiary/aromatic N) is 1. The Morgan fingerprint density at radius 3 is 2.63 bits per heavy atom. The van der Waals surface area contributed by atoms with Crippen LogP contribution in [-0.4, -0.2) is 47.7 Å². The summed E-state index contributed by atoms with van der Waals surface area (Å²) in [5.74, 6) is 1.31. The van der Waals surface area contributed by atoms with E-state index in [0.29, 0.717) is 30.3 Å². The monoisotopic (exact) mass is 414 g/mol. The number of H-pyrrole nitrogens is 1. The van der Waals surface area contributed by atoms with E-state index in [4.69, 9.17) is 4.74 Å². The van der Waals surface area contributed by atoms with Crippen molar-refractivity contribution in [3.63, 3.8) is 0 Å². The van der Waals surface area contributed by atoms with Crippen LogP contribution in [0.2, 0.25) is 0 Å². The molecule has 1 aromatic carbocycles. The minimum Gasteiger partial charge on any atom is -0.497 e. The van der Waals surface area contributed by atoms with Crippen molar-refractivity contribution in [1.82, 2.24) is 9.88 Å². The SMILES string of the molecule is COc1ccc2c(CC(=O)N(CCO)CCC(C)C)c(C3CCCC3)c(=O)[nH]c2c1. The Bertz CT molecular complexity index is 929. The van der Waals surface area contributed by atoms with Crippen LogP contribution < -0.4 is 10.3 Å². The van der Waals surface area contributed by atoms with E-state index in [1.54, 1.807) is 12.0 Å². The number of carbonyl (C=O) groups is 1. The molecule has 1 aliphatic carbocycles. The Balaban J connectivity index is 2.03. The van der Waals surface area contributed by atoms with Gasteiger partial charge < -0.3 is 19.7 Å². The van der Waals surface area contributed by atoms with E-state index < -0.39 is 0 Å². The zero-order valence-electron chi connectivity index (χ0n) is 18.4. The van der Waals surface area contributed by atoms with E-state index in [1.807, 2.05) is 18.2 Å². The van der Waals surface area contributed by atoms with Crippen LogP contribution in [0.5, 0.6) is 5.75 Å². The number of aromatic amines is 1. The van der Waals surface area contributed by atoms with Gasteiger partial charge in [0.1, 0.15) is 5.75 Å². The fourth-order valence-corrected chi connectivity index (χ4v) is 4.48. The highest BCUT2D eigenvalue weighted by Gasteiger charge is 2.27. The molecule has 1 heterocycles. The topological polar surface area (TPSA) is 82.6 Å². The third-order valence-electron chi connectivity index (χ3n) is 6.16. The van der Waals surface area contributed by atoms with E-state index in [1.165, 1.54) is 0 Å². The van der Waals surface area contributed by atoms with E-state index in [2.05, 4.69) is 18.8 Å². The largest absolute Gasteiger partial charge is 0.497 e. The molecule has 0 radical (unpaired) electrons. The van der Waals surface area contributed by atoms with Gasteiger partial charge in [0, 0.05) is 30.1 Å². The van der Waals surface area contributed by atoms with Gasteiger partial charge in [-0.15, -0.1) is 0 Å². The van der Waals surface area contributed by atoms with Crippen molar-refractivity contribution in [1.29, 1.82) is 0 Å². The summed E-state index contributed by atoms with van der Waals surface area (Å²) >= 11 is 0. The van der Waals surface area contributed by atoms with Gasteiger partial charge in [-0.2, -0.15) is 0 Å². The second-order valence-corrected chi connectivity index (χ2v) is 8.70. The van der Waals surface area contributed by atoms with Gasteiger partial charge in [-0.05, 0) is 48.8 Å². The number of methoxy groups -OCH3 is 1. The number of pyridine rings is 1. The maximum absolute atomic E-state index is 13.2. The van der Waals surface area contributed by atoms with E-state index in [9.17, 15) is 14.7 Å². The number of rotatable bonds is 9. The smallest absolute Gasteiger partial charge is 0.252 e. The predicted octanol–water partition coefficient (Wildman–Crippen LogP) is 3.60. The molecule has 0 bridgehead atoms. The quantitative estimate of drug-likeness (QED) is 0.657. The number of hydrogen-bond acceptors (Lipinski definition) is 4. The van der Waals surface area contributed by atoms with E-state index >= 15 is 0 Å². The fraction of sp³-hybridized carbons (Fsp3) is 0.583. The molecule has 6 heteroatoms. The number of ether oxygens (including phenoxy) is 1. The minimum absolute atomic E-state index is 0.0355. The van der Waals surface area contributed by atoms with Crippen molar-refractivity contribution in [3.05, 3.63) is 39.7 Å². The van der Waals surface area contributed by atoms with E-state index in [0.717, 1.165) is 48.6 Å². The van der Waals surface area contributed by atoms with Crippen LogP contribution in [0.25, 0.3) is 10.9 Å². The first-order valence-electron chi connectivity index (χ1n) is 11.1. The first-order chi connectivity index (χ1) is 14.4. The number of nitrogens with one attached hydrogen (secondary N) is 1. The summed E-state index contributed by atoms with van der Waals surface area (Å²) in [6, 6.07) is 5.63. The number of aliphatic hydroxyl groups excluding tert-OH is 1. The molecular weight excluding hydrogens is 380 g/mol. The molecule has 0 saturated heterocycles. The summed E-state index contributed by atoms with van der Waals surface area (Å²) in [4.78, 5) is 31.1. The average molecular weight is 415 g/mol. The van der Waals surface area contributed by atoms with Crippen LogP contribution in [0, 0.1) is 5.92 Å². The summed E-state index contributed by atoms with van der Waals surface area (Å²) in [7, 11) is 1.60. The molecule has 1 amide bonds. The molecule has 1 aliphatic rings. The average Bonchev–Trinajstić information content (AvgIpc) is 3.24. The Labute approximate surface area is 178 Å². The summed E-state index contributed by atoms with van der Waals surface area (Å²) in [5, 5.41) is 10.4. The number of benzene rings is 1. The van der Waals surface area contributed by atoms with Gasteiger partial charge in [0.2, 0.25) is 5.91 Å². The van der Waals surface area contributed by atoms with Crippen LogP contribution >= 0.6 is 0 Å². The maximum Gasteiger partial charge on any atom is 0.252 e. The number of amides is 1. The Kier molecular flexibility index (Phi) is 7.53. The zero-order chi connectivity index (χ0) is 21.7. The molecule has 0 unspecified atom stereocenters. The van der Waals surface area contributed by atoms with Crippen LogP contribution in [0.1, 0.15) is 63.0 Å². The summed E-state index contributed by atoms with van der Waals surface area (Å²) in [6.07, 6.45) is 5.26. The molecule has 1 aromatic heterocycles. The number of carbonyl (C=O) groups excluding carboxylic acids is 1. The van der Waals surface area contributed by atoms with Gasteiger partial charge in [-0.3, -0.25) is 9.59 Å². The molecule has 0 spiro atoms. The Morgan fingerprint density at radius 2 is 2.00 bits per heavy atom. The van der Waals surface area contributed by atoms with Gasteiger partial charge in [-0.25, -0.2) is 0 Å². The summed E-state index contributed by atoms with van der Waals surface area (Å²) in [6.45, 7) is 5.12. The number of aromatic nitrogens is 1. The fourth-order valence-electron chi connectivity index (χ4n) is 4.48. The number of aliphatic hydroxyl groups is 1. The Hall–Kier alpha value is -2.34. The lowest BCUT2D eigenvalue weighted by atomic mass is 9.89. The zero-order valence-corrected chi connectivity index (χ0v) is 18.4. The van der Waals surface area contributed by atoms with Crippen molar-refractivity contribution >= 4 is 16.8 Å². The molecule has 1 fully saturated rings.